The summed E-state index contributed by atoms with van der Waals surface area (Å²) in [4.78, 5) is 0. The Balaban J connectivity index is 1.25. The Morgan fingerprint density at radius 3 is 1.56 bits per heavy atom. The van der Waals surface area contributed by atoms with Gasteiger partial charge in [0.25, 0.3) is 0 Å². The fourth-order valence-corrected chi connectivity index (χ4v) is 7.38. The normalized spacial score (nSPS) is 11.1. The summed E-state index contributed by atoms with van der Waals surface area (Å²) in [6, 6.07) is 58.0. The summed E-state index contributed by atoms with van der Waals surface area (Å²) in [6.07, 6.45) is 0. The highest BCUT2D eigenvalue weighted by Crippen LogP contribution is 2.39. The molecule has 7 aromatic carbocycles. The lowest BCUT2D eigenvalue weighted by Crippen LogP contribution is -1.99. The van der Waals surface area contributed by atoms with Gasteiger partial charge in [-0.2, -0.15) is 15.8 Å². The molecule has 230 valence electrons. The van der Waals surface area contributed by atoms with Crippen LogP contribution in [0.3, 0.4) is 0 Å². The fourth-order valence-electron chi connectivity index (χ4n) is 7.38. The third-order valence-electron chi connectivity index (χ3n) is 9.56. The van der Waals surface area contributed by atoms with Crippen LogP contribution in [-0.2, 0) is 0 Å². The molecule has 2 aromatic heterocycles. The molecule has 0 unspecified atom stereocenters. The predicted molar refractivity (Wildman–Crippen MR) is 200 cm³/mol. The highest BCUT2D eigenvalue weighted by molar-refractivity contribution is 6.11. The van der Waals surface area contributed by atoms with Crippen LogP contribution >= 0.6 is 0 Å². The Hall–Kier alpha value is -7.39. The zero-order chi connectivity index (χ0) is 33.8. The van der Waals surface area contributed by atoms with E-state index in [1.165, 1.54) is 21.8 Å². The van der Waals surface area contributed by atoms with Gasteiger partial charge in [-0.05, 0) is 95.6 Å². The van der Waals surface area contributed by atoms with Gasteiger partial charge in [0, 0.05) is 32.8 Å². The maximum Gasteiger partial charge on any atom is 0.0992 e. The molecule has 0 saturated carbocycles. The number of hydrogen-bond acceptors (Lipinski definition) is 3. The first-order chi connectivity index (χ1) is 24.6. The predicted octanol–water partition coefficient (Wildman–Crippen LogP) is 10.8. The first kappa shape index (κ1) is 28.8. The molecular weight excluding hydrogens is 611 g/mol. The molecule has 0 aliphatic rings. The standard InChI is InChI=1S/C45H25N5/c46-26-29-16-18-44(39(23-29)34-21-30(27-47)20-31(22-34)28-48)50-43-15-6-3-12-38(43)40-25-33(17-19-45(40)50)32-8-7-9-35(24-32)49-41-13-4-1-10-36(41)37-11-2-5-14-42(37)49/h1-25H. The van der Waals surface area contributed by atoms with E-state index in [9.17, 15) is 15.8 Å². The highest BCUT2D eigenvalue weighted by Gasteiger charge is 2.18. The van der Waals surface area contributed by atoms with Crippen molar-refractivity contribution in [2.45, 2.75) is 0 Å². The lowest BCUT2D eigenvalue weighted by atomic mass is 9.97. The summed E-state index contributed by atoms with van der Waals surface area (Å²) in [5.74, 6) is 0. The highest BCUT2D eigenvalue weighted by atomic mass is 15.0. The van der Waals surface area contributed by atoms with E-state index in [2.05, 4.69) is 137 Å². The van der Waals surface area contributed by atoms with Crippen LogP contribution in [0.15, 0.2) is 152 Å². The van der Waals surface area contributed by atoms with Crippen LogP contribution in [-0.4, -0.2) is 9.13 Å². The van der Waals surface area contributed by atoms with E-state index < -0.39 is 0 Å². The Labute approximate surface area is 287 Å². The van der Waals surface area contributed by atoms with E-state index in [1.54, 1.807) is 18.2 Å². The lowest BCUT2D eigenvalue weighted by Gasteiger charge is -2.15. The second-order valence-corrected chi connectivity index (χ2v) is 12.4. The van der Waals surface area contributed by atoms with Crippen LogP contribution in [0.5, 0.6) is 0 Å². The summed E-state index contributed by atoms with van der Waals surface area (Å²) < 4.78 is 4.55. The number of aromatic nitrogens is 2. The first-order valence-corrected chi connectivity index (χ1v) is 16.3. The Morgan fingerprint density at radius 1 is 0.360 bits per heavy atom. The number of benzene rings is 7. The second-order valence-electron chi connectivity index (χ2n) is 12.4. The lowest BCUT2D eigenvalue weighted by molar-refractivity contribution is 1.18. The topological polar surface area (TPSA) is 81.2 Å². The molecule has 0 saturated heterocycles. The molecule has 9 aromatic rings. The molecule has 0 bridgehead atoms. The van der Waals surface area contributed by atoms with Crippen LogP contribution in [0, 0.1) is 34.0 Å². The van der Waals surface area contributed by atoms with Crippen LogP contribution in [0.4, 0.5) is 0 Å². The number of para-hydroxylation sites is 3. The fraction of sp³-hybridized carbons (Fsp3) is 0. The van der Waals surface area contributed by atoms with Crippen molar-refractivity contribution in [1.82, 2.24) is 9.13 Å². The van der Waals surface area contributed by atoms with Crippen LogP contribution in [0.25, 0.3) is 77.2 Å². The van der Waals surface area contributed by atoms with E-state index in [1.807, 2.05) is 24.3 Å². The monoisotopic (exact) mass is 635 g/mol. The van der Waals surface area contributed by atoms with Gasteiger partial charge < -0.3 is 9.13 Å². The quantitative estimate of drug-likeness (QED) is 0.193. The van der Waals surface area contributed by atoms with Gasteiger partial charge in [-0.3, -0.25) is 0 Å². The van der Waals surface area contributed by atoms with Crippen LogP contribution in [0.2, 0.25) is 0 Å². The van der Waals surface area contributed by atoms with Crippen molar-refractivity contribution in [3.63, 3.8) is 0 Å². The molecule has 0 aliphatic heterocycles. The van der Waals surface area contributed by atoms with Gasteiger partial charge in [0.15, 0.2) is 0 Å². The van der Waals surface area contributed by atoms with Crippen molar-refractivity contribution < 1.29 is 0 Å². The van der Waals surface area contributed by atoms with E-state index in [0.717, 1.165) is 49.9 Å². The number of rotatable bonds is 4. The minimum Gasteiger partial charge on any atom is -0.309 e. The summed E-state index contributed by atoms with van der Waals surface area (Å²) in [7, 11) is 0. The van der Waals surface area contributed by atoms with Crippen molar-refractivity contribution in [3.8, 4) is 51.8 Å². The van der Waals surface area contributed by atoms with Crippen molar-refractivity contribution in [2.75, 3.05) is 0 Å². The molecule has 0 amide bonds. The molecular formula is C45H25N5. The molecule has 9 rings (SSSR count). The van der Waals surface area contributed by atoms with Crippen molar-refractivity contribution in [3.05, 3.63) is 168 Å². The van der Waals surface area contributed by atoms with Crippen molar-refractivity contribution in [2.24, 2.45) is 0 Å². The van der Waals surface area contributed by atoms with Gasteiger partial charge in [0.05, 0.1) is 62.7 Å². The molecule has 5 nitrogen and oxygen atoms in total. The molecule has 0 spiro atoms. The molecule has 0 N–H and O–H groups in total. The molecule has 0 fully saturated rings. The molecule has 50 heavy (non-hydrogen) atoms. The summed E-state index contributed by atoms with van der Waals surface area (Å²) >= 11 is 0. The van der Waals surface area contributed by atoms with Gasteiger partial charge in [-0.25, -0.2) is 0 Å². The van der Waals surface area contributed by atoms with Gasteiger partial charge in [-0.1, -0.05) is 72.8 Å². The SMILES string of the molecule is N#Cc1cc(C#N)cc(-c2cc(C#N)ccc2-n2c3ccccc3c3cc(-c4cccc(-n5c6ccccc6c6ccccc65)c4)ccc32)c1. The summed E-state index contributed by atoms with van der Waals surface area (Å²) in [5.41, 5.74) is 11.3. The Morgan fingerprint density at radius 2 is 0.920 bits per heavy atom. The third-order valence-corrected chi connectivity index (χ3v) is 9.56. The molecule has 5 heteroatoms. The largest absolute Gasteiger partial charge is 0.309 e. The molecule has 0 aliphatic carbocycles. The minimum atomic E-state index is 0.391. The van der Waals surface area contributed by atoms with Crippen molar-refractivity contribution in [1.29, 1.82) is 15.8 Å². The van der Waals surface area contributed by atoms with E-state index >= 15 is 0 Å². The second kappa shape index (κ2) is 11.4. The maximum atomic E-state index is 9.84. The zero-order valence-electron chi connectivity index (χ0n) is 26.7. The Kier molecular flexibility index (Phi) is 6.56. The van der Waals surface area contributed by atoms with E-state index in [-0.39, 0.29) is 0 Å². The van der Waals surface area contributed by atoms with Gasteiger partial charge >= 0.3 is 0 Å². The maximum absolute atomic E-state index is 9.84. The molecule has 0 radical (unpaired) electrons. The number of hydrogen-bond donors (Lipinski definition) is 0. The van der Waals surface area contributed by atoms with Crippen LogP contribution in [0.1, 0.15) is 16.7 Å². The minimum absolute atomic E-state index is 0.391. The summed E-state index contributed by atoms with van der Waals surface area (Å²) in [5, 5.41) is 34.0. The number of nitriles is 3. The van der Waals surface area contributed by atoms with Gasteiger partial charge in [0.2, 0.25) is 0 Å². The smallest absolute Gasteiger partial charge is 0.0992 e. The number of fused-ring (bicyclic) bond motifs is 6. The van der Waals surface area contributed by atoms with Gasteiger partial charge in [0.1, 0.15) is 0 Å². The van der Waals surface area contributed by atoms with Crippen molar-refractivity contribution >= 4 is 43.6 Å². The summed E-state index contributed by atoms with van der Waals surface area (Å²) in [6.45, 7) is 0. The zero-order valence-corrected chi connectivity index (χ0v) is 26.7. The van der Waals surface area contributed by atoms with Crippen LogP contribution < -0.4 is 0 Å². The third kappa shape index (κ3) is 4.45. The average Bonchev–Trinajstić information content (AvgIpc) is 3.70. The average molecular weight is 636 g/mol. The molecule has 0 atom stereocenters. The molecule has 2 heterocycles. The van der Waals surface area contributed by atoms with Gasteiger partial charge in [-0.15, -0.1) is 0 Å². The van der Waals surface area contributed by atoms with E-state index in [0.29, 0.717) is 22.3 Å². The first-order valence-electron chi connectivity index (χ1n) is 16.3. The van der Waals surface area contributed by atoms with E-state index in [4.69, 9.17) is 0 Å². The number of nitrogens with zero attached hydrogens (tertiary/aromatic N) is 5. The Bertz CT molecular complexity index is 2890.